The monoisotopic (exact) mass is 195 g/mol. The molecule has 2 N–H and O–H groups in total. The molecule has 1 heterocycles. The molecular weight excluding hydrogens is 174 g/mol. The van der Waals surface area contributed by atoms with Crippen LogP contribution in [0.15, 0.2) is 0 Å². The van der Waals surface area contributed by atoms with Gasteiger partial charge in [0.05, 0.1) is 12.5 Å². The molecule has 3 nitrogen and oxygen atoms in total. The van der Waals surface area contributed by atoms with Crippen molar-refractivity contribution in [1.82, 2.24) is 4.90 Å². The fourth-order valence-corrected chi connectivity index (χ4v) is 2.09. The lowest BCUT2D eigenvalue weighted by atomic mass is 9.89. The number of rotatable bonds is 2. The first-order valence-corrected chi connectivity index (χ1v) is 5.47. The van der Waals surface area contributed by atoms with E-state index < -0.39 is 0 Å². The van der Waals surface area contributed by atoms with E-state index in [1.165, 1.54) is 0 Å². The van der Waals surface area contributed by atoms with E-state index in [1.807, 2.05) is 0 Å². The van der Waals surface area contributed by atoms with Crippen molar-refractivity contribution in [3.63, 3.8) is 0 Å². The Morgan fingerprint density at radius 2 is 2.14 bits per heavy atom. The smallest absolute Gasteiger partial charge is 0.0641 e. The maximum absolute atomic E-state index is 8.71. The number of nitrogens with two attached hydrogens (primary N) is 1. The zero-order valence-corrected chi connectivity index (χ0v) is 9.29. The van der Waals surface area contributed by atoms with Crippen molar-refractivity contribution in [3.05, 3.63) is 0 Å². The maximum atomic E-state index is 8.71. The van der Waals surface area contributed by atoms with Crippen LogP contribution in [-0.4, -0.2) is 29.6 Å². The highest BCUT2D eigenvalue weighted by molar-refractivity contribution is 4.95. The summed E-state index contributed by atoms with van der Waals surface area (Å²) in [6, 6.07) is 2.80. The van der Waals surface area contributed by atoms with Crippen molar-refractivity contribution in [2.75, 3.05) is 13.1 Å². The van der Waals surface area contributed by atoms with E-state index in [0.29, 0.717) is 12.5 Å². The molecule has 1 unspecified atom stereocenters. The van der Waals surface area contributed by atoms with Crippen LogP contribution in [0.4, 0.5) is 0 Å². The lowest BCUT2D eigenvalue weighted by Crippen LogP contribution is -2.41. The molecule has 1 saturated heterocycles. The average molecular weight is 195 g/mol. The fourth-order valence-electron chi connectivity index (χ4n) is 2.09. The quantitative estimate of drug-likeness (QED) is 0.726. The summed E-state index contributed by atoms with van der Waals surface area (Å²) in [5.41, 5.74) is 5.96. The van der Waals surface area contributed by atoms with Gasteiger partial charge < -0.3 is 10.6 Å². The molecule has 0 aliphatic carbocycles. The first kappa shape index (κ1) is 11.5. The summed E-state index contributed by atoms with van der Waals surface area (Å²) >= 11 is 0. The Morgan fingerprint density at radius 3 is 2.71 bits per heavy atom. The Bertz CT molecular complexity index is 219. The van der Waals surface area contributed by atoms with Gasteiger partial charge in [-0.05, 0) is 39.7 Å². The highest BCUT2D eigenvalue weighted by Gasteiger charge is 2.28. The first-order valence-electron chi connectivity index (χ1n) is 5.47. The van der Waals surface area contributed by atoms with Crippen molar-refractivity contribution in [3.8, 4) is 6.07 Å². The van der Waals surface area contributed by atoms with Gasteiger partial charge in [0.1, 0.15) is 0 Å². The molecule has 1 rings (SSSR count). The molecule has 0 aromatic rings. The van der Waals surface area contributed by atoms with E-state index in [2.05, 4.69) is 24.8 Å². The molecule has 0 amide bonds. The summed E-state index contributed by atoms with van der Waals surface area (Å²) in [5.74, 6) is 0. The summed E-state index contributed by atoms with van der Waals surface area (Å²) in [4.78, 5) is 2.45. The van der Waals surface area contributed by atoms with E-state index in [9.17, 15) is 0 Å². The Kier molecular flexibility index (Phi) is 3.91. The standard InChI is InChI=1S/C11H21N3/c1-10(2)14-8-3-4-11(13,5-7-12)6-9-14/h10H,3-6,8-9,13H2,1-2H3. The topological polar surface area (TPSA) is 53.0 Å². The average Bonchev–Trinajstić information content (AvgIpc) is 2.28. The Labute approximate surface area is 86.9 Å². The van der Waals surface area contributed by atoms with Gasteiger partial charge in [-0.1, -0.05) is 0 Å². The molecule has 1 aliphatic rings. The molecule has 1 aliphatic heterocycles. The maximum Gasteiger partial charge on any atom is 0.0641 e. The van der Waals surface area contributed by atoms with Crippen LogP contribution < -0.4 is 5.73 Å². The summed E-state index contributed by atoms with van der Waals surface area (Å²) in [7, 11) is 0. The van der Waals surface area contributed by atoms with Crippen molar-refractivity contribution < 1.29 is 0 Å². The minimum absolute atomic E-state index is 0.224. The predicted molar refractivity (Wildman–Crippen MR) is 57.7 cm³/mol. The van der Waals surface area contributed by atoms with Crippen LogP contribution in [0, 0.1) is 11.3 Å². The highest BCUT2D eigenvalue weighted by Crippen LogP contribution is 2.23. The number of hydrogen-bond acceptors (Lipinski definition) is 3. The Balaban J connectivity index is 2.52. The second kappa shape index (κ2) is 4.77. The Morgan fingerprint density at radius 1 is 1.43 bits per heavy atom. The molecule has 0 spiro atoms. The lowest BCUT2D eigenvalue weighted by Gasteiger charge is -2.27. The molecule has 0 bridgehead atoms. The van der Waals surface area contributed by atoms with Crippen molar-refractivity contribution >= 4 is 0 Å². The third kappa shape index (κ3) is 2.97. The van der Waals surface area contributed by atoms with Crippen LogP contribution in [0.1, 0.15) is 39.5 Å². The minimum atomic E-state index is -0.224. The van der Waals surface area contributed by atoms with Gasteiger partial charge in [-0.3, -0.25) is 0 Å². The van der Waals surface area contributed by atoms with E-state index in [-0.39, 0.29) is 5.54 Å². The zero-order valence-electron chi connectivity index (χ0n) is 9.29. The van der Waals surface area contributed by atoms with Crippen LogP contribution in [0.2, 0.25) is 0 Å². The molecule has 0 aromatic carbocycles. The van der Waals surface area contributed by atoms with E-state index >= 15 is 0 Å². The van der Waals surface area contributed by atoms with Crippen LogP contribution >= 0.6 is 0 Å². The van der Waals surface area contributed by atoms with Crippen molar-refractivity contribution in [2.45, 2.75) is 51.1 Å². The lowest BCUT2D eigenvalue weighted by molar-refractivity contribution is 0.225. The Hall–Kier alpha value is -0.590. The molecule has 0 radical (unpaired) electrons. The minimum Gasteiger partial charge on any atom is -0.324 e. The SMILES string of the molecule is CC(C)N1CCCC(N)(CC#N)CC1. The van der Waals surface area contributed by atoms with E-state index in [4.69, 9.17) is 11.0 Å². The summed E-state index contributed by atoms with van der Waals surface area (Å²) in [5, 5.41) is 8.71. The molecule has 0 aromatic heterocycles. The zero-order chi connectivity index (χ0) is 10.6. The van der Waals surface area contributed by atoms with Gasteiger partial charge in [0.2, 0.25) is 0 Å². The van der Waals surface area contributed by atoms with Crippen molar-refractivity contribution in [1.29, 1.82) is 5.26 Å². The molecule has 3 heteroatoms. The first-order chi connectivity index (χ1) is 6.57. The van der Waals surface area contributed by atoms with E-state index in [0.717, 1.165) is 32.4 Å². The number of likely N-dealkylation sites (tertiary alicyclic amines) is 1. The summed E-state index contributed by atoms with van der Waals surface area (Å²) in [6.45, 7) is 6.60. The van der Waals surface area contributed by atoms with Gasteiger partial charge in [0.15, 0.2) is 0 Å². The molecule has 14 heavy (non-hydrogen) atoms. The molecule has 1 atom stereocenters. The fraction of sp³-hybridized carbons (Fsp3) is 0.909. The number of nitrogens with zero attached hydrogens (tertiary/aromatic N) is 2. The highest BCUT2D eigenvalue weighted by atomic mass is 15.1. The van der Waals surface area contributed by atoms with Gasteiger partial charge in [-0.25, -0.2) is 0 Å². The molecular formula is C11H21N3. The van der Waals surface area contributed by atoms with Crippen molar-refractivity contribution in [2.24, 2.45) is 5.73 Å². The van der Waals surface area contributed by atoms with Crippen LogP contribution in [0.25, 0.3) is 0 Å². The number of nitriles is 1. The third-order valence-electron chi connectivity index (χ3n) is 3.18. The number of hydrogen-bond donors (Lipinski definition) is 1. The third-order valence-corrected chi connectivity index (χ3v) is 3.18. The molecule has 1 fully saturated rings. The molecule has 80 valence electrons. The van der Waals surface area contributed by atoms with Gasteiger partial charge in [-0.2, -0.15) is 5.26 Å². The van der Waals surface area contributed by atoms with Crippen LogP contribution in [0.5, 0.6) is 0 Å². The second-order valence-electron chi connectivity index (χ2n) is 4.68. The van der Waals surface area contributed by atoms with Crippen LogP contribution in [0.3, 0.4) is 0 Å². The van der Waals surface area contributed by atoms with E-state index in [1.54, 1.807) is 0 Å². The van der Waals surface area contributed by atoms with Gasteiger partial charge in [0.25, 0.3) is 0 Å². The van der Waals surface area contributed by atoms with Crippen LogP contribution in [-0.2, 0) is 0 Å². The van der Waals surface area contributed by atoms with Gasteiger partial charge in [-0.15, -0.1) is 0 Å². The molecule has 0 saturated carbocycles. The summed E-state index contributed by atoms with van der Waals surface area (Å²) < 4.78 is 0. The normalized spacial score (nSPS) is 29.9. The predicted octanol–water partition coefficient (Wildman–Crippen LogP) is 1.49. The van der Waals surface area contributed by atoms with Gasteiger partial charge >= 0.3 is 0 Å². The largest absolute Gasteiger partial charge is 0.324 e. The summed E-state index contributed by atoms with van der Waals surface area (Å²) in [6.07, 6.45) is 3.57. The second-order valence-corrected chi connectivity index (χ2v) is 4.68. The van der Waals surface area contributed by atoms with Gasteiger partial charge in [0, 0.05) is 18.1 Å².